The molecule has 0 unspecified atom stereocenters. The van der Waals surface area contributed by atoms with Crippen LogP contribution in [0.4, 0.5) is 4.39 Å². The number of rotatable bonds is 5. The lowest BCUT2D eigenvalue weighted by atomic mass is 9.95. The SMILES string of the molecule is CCNC(=NCC1(O)CCOCC1)N(C)Cc1ccc(F)cc1.I. The maximum Gasteiger partial charge on any atom is 0.194 e. The van der Waals surface area contributed by atoms with Crippen LogP contribution in [0.2, 0.25) is 0 Å². The van der Waals surface area contributed by atoms with E-state index in [0.29, 0.717) is 39.1 Å². The van der Waals surface area contributed by atoms with E-state index in [1.165, 1.54) is 12.1 Å². The lowest BCUT2D eigenvalue weighted by molar-refractivity contribution is -0.0566. The molecule has 1 aliphatic rings. The number of ether oxygens (including phenoxy) is 1. The Bertz CT molecular complexity index is 519. The van der Waals surface area contributed by atoms with Crippen LogP contribution >= 0.6 is 24.0 Å². The fourth-order valence-electron chi connectivity index (χ4n) is 2.54. The van der Waals surface area contributed by atoms with E-state index in [-0.39, 0.29) is 29.8 Å². The fraction of sp³-hybridized carbons (Fsp3) is 0.588. The van der Waals surface area contributed by atoms with E-state index in [2.05, 4.69) is 10.3 Å². The van der Waals surface area contributed by atoms with Crippen molar-refractivity contribution in [2.75, 3.05) is 33.4 Å². The number of hydrogen-bond donors (Lipinski definition) is 2. The summed E-state index contributed by atoms with van der Waals surface area (Å²) < 4.78 is 18.3. The maximum absolute atomic E-state index is 13.0. The topological polar surface area (TPSA) is 57.1 Å². The lowest BCUT2D eigenvalue weighted by Crippen LogP contribution is -2.43. The summed E-state index contributed by atoms with van der Waals surface area (Å²) in [6.45, 7) is 4.88. The van der Waals surface area contributed by atoms with Gasteiger partial charge in [-0.1, -0.05) is 12.1 Å². The molecule has 0 radical (unpaired) electrons. The molecular weight excluding hydrogens is 424 g/mol. The number of aliphatic hydroxyl groups is 1. The molecule has 136 valence electrons. The van der Waals surface area contributed by atoms with Crippen LogP contribution < -0.4 is 5.32 Å². The van der Waals surface area contributed by atoms with Crippen molar-refractivity contribution in [1.82, 2.24) is 10.2 Å². The molecule has 2 N–H and O–H groups in total. The van der Waals surface area contributed by atoms with Crippen LogP contribution in [-0.4, -0.2) is 54.9 Å². The van der Waals surface area contributed by atoms with Gasteiger partial charge in [-0.15, -0.1) is 24.0 Å². The van der Waals surface area contributed by atoms with Crippen LogP contribution in [0.15, 0.2) is 29.3 Å². The quantitative estimate of drug-likeness (QED) is 0.410. The van der Waals surface area contributed by atoms with Crippen molar-refractivity contribution in [2.45, 2.75) is 31.9 Å². The van der Waals surface area contributed by atoms with Crippen LogP contribution in [0.25, 0.3) is 0 Å². The Morgan fingerprint density at radius 2 is 1.96 bits per heavy atom. The predicted molar refractivity (Wildman–Crippen MR) is 104 cm³/mol. The van der Waals surface area contributed by atoms with Gasteiger partial charge in [0.2, 0.25) is 0 Å². The normalized spacial score (nSPS) is 17.1. The number of benzene rings is 1. The molecule has 0 aliphatic carbocycles. The Morgan fingerprint density at radius 3 is 2.54 bits per heavy atom. The Morgan fingerprint density at radius 1 is 1.33 bits per heavy atom. The van der Waals surface area contributed by atoms with E-state index >= 15 is 0 Å². The summed E-state index contributed by atoms with van der Waals surface area (Å²) in [6, 6.07) is 6.44. The van der Waals surface area contributed by atoms with Crippen LogP contribution in [0, 0.1) is 5.82 Å². The van der Waals surface area contributed by atoms with Crippen molar-refractivity contribution in [1.29, 1.82) is 0 Å². The zero-order valence-corrected chi connectivity index (χ0v) is 16.6. The van der Waals surface area contributed by atoms with Crippen molar-refractivity contribution in [2.24, 2.45) is 4.99 Å². The Balaban J connectivity index is 0.00000288. The summed E-state index contributed by atoms with van der Waals surface area (Å²) in [5.41, 5.74) is 0.222. The van der Waals surface area contributed by atoms with Gasteiger partial charge < -0.3 is 20.1 Å². The van der Waals surface area contributed by atoms with Gasteiger partial charge in [0.05, 0.1) is 12.1 Å². The predicted octanol–water partition coefficient (Wildman–Crippen LogP) is 2.38. The summed E-state index contributed by atoms with van der Waals surface area (Å²) in [4.78, 5) is 6.55. The highest BCUT2D eigenvalue weighted by Gasteiger charge is 2.29. The molecule has 7 heteroatoms. The summed E-state index contributed by atoms with van der Waals surface area (Å²) in [5.74, 6) is 0.496. The second kappa shape index (κ2) is 10.1. The van der Waals surface area contributed by atoms with Crippen molar-refractivity contribution < 1.29 is 14.2 Å². The third kappa shape index (κ3) is 6.52. The Kier molecular flexibility index (Phi) is 8.93. The van der Waals surface area contributed by atoms with Crippen LogP contribution in [0.3, 0.4) is 0 Å². The molecule has 1 aromatic carbocycles. The molecule has 0 spiro atoms. The van der Waals surface area contributed by atoms with Gasteiger partial charge >= 0.3 is 0 Å². The molecule has 0 bridgehead atoms. The highest BCUT2D eigenvalue weighted by molar-refractivity contribution is 14.0. The van der Waals surface area contributed by atoms with Gasteiger partial charge in [-0.05, 0) is 24.6 Å². The highest BCUT2D eigenvalue weighted by atomic mass is 127. The number of nitrogens with zero attached hydrogens (tertiary/aromatic N) is 2. The molecule has 1 aromatic rings. The van der Waals surface area contributed by atoms with Crippen molar-refractivity contribution in [3.05, 3.63) is 35.6 Å². The standard InChI is InChI=1S/C17H26FN3O2.HI/c1-3-19-16(20-13-17(22)8-10-23-11-9-17)21(2)12-14-4-6-15(18)7-5-14;/h4-7,22H,3,8-13H2,1-2H3,(H,19,20);1H. The number of halogens is 2. The highest BCUT2D eigenvalue weighted by Crippen LogP contribution is 2.20. The lowest BCUT2D eigenvalue weighted by Gasteiger charge is -2.31. The smallest absolute Gasteiger partial charge is 0.194 e. The minimum absolute atomic E-state index is 0. The number of guanidine groups is 1. The fourth-order valence-corrected chi connectivity index (χ4v) is 2.54. The first kappa shape index (κ1) is 21.1. The van der Waals surface area contributed by atoms with Gasteiger partial charge in [-0.25, -0.2) is 4.39 Å². The molecule has 1 heterocycles. The summed E-state index contributed by atoms with van der Waals surface area (Å²) >= 11 is 0. The Hall–Kier alpha value is -0.930. The molecule has 5 nitrogen and oxygen atoms in total. The second-order valence-electron chi connectivity index (χ2n) is 5.99. The summed E-state index contributed by atoms with van der Waals surface area (Å²) in [5, 5.41) is 13.7. The van der Waals surface area contributed by atoms with Crippen LogP contribution in [0.1, 0.15) is 25.3 Å². The molecule has 1 saturated heterocycles. The van der Waals surface area contributed by atoms with Gasteiger partial charge in [0, 0.05) is 46.2 Å². The van der Waals surface area contributed by atoms with Crippen molar-refractivity contribution >= 4 is 29.9 Å². The summed E-state index contributed by atoms with van der Waals surface area (Å²) in [6.07, 6.45) is 1.22. The van der Waals surface area contributed by atoms with E-state index in [1.807, 2.05) is 18.9 Å². The minimum atomic E-state index is -0.782. The summed E-state index contributed by atoms with van der Waals surface area (Å²) in [7, 11) is 1.93. The van der Waals surface area contributed by atoms with Gasteiger partial charge in [0.25, 0.3) is 0 Å². The first-order chi connectivity index (χ1) is 11.0. The van der Waals surface area contributed by atoms with E-state index < -0.39 is 5.60 Å². The Labute approximate surface area is 160 Å². The molecule has 0 amide bonds. The monoisotopic (exact) mass is 451 g/mol. The van der Waals surface area contributed by atoms with Crippen molar-refractivity contribution in [3.8, 4) is 0 Å². The number of hydrogen-bond acceptors (Lipinski definition) is 3. The van der Waals surface area contributed by atoms with Gasteiger partial charge in [0.15, 0.2) is 5.96 Å². The van der Waals surface area contributed by atoms with E-state index in [4.69, 9.17) is 4.74 Å². The average Bonchev–Trinajstić information content (AvgIpc) is 2.54. The molecule has 0 aromatic heterocycles. The number of nitrogens with one attached hydrogen (secondary N) is 1. The molecule has 2 rings (SSSR count). The average molecular weight is 451 g/mol. The van der Waals surface area contributed by atoms with Gasteiger partial charge in [-0.3, -0.25) is 4.99 Å². The van der Waals surface area contributed by atoms with Crippen LogP contribution in [-0.2, 0) is 11.3 Å². The van der Waals surface area contributed by atoms with E-state index in [9.17, 15) is 9.50 Å². The zero-order chi connectivity index (χ0) is 16.7. The molecule has 0 saturated carbocycles. The van der Waals surface area contributed by atoms with Gasteiger partial charge in [-0.2, -0.15) is 0 Å². The first-order valence-electron chi connectivity index (χ1n) is 8.06. The van der Waals surface area contributed by atoms with Gasteiger partial charge in [0.1, 0.15) is 5.82 Å². The third-order valence-corrected chi connectivity index (χ3v) is 3.98. The molecule has 1 fully saturated rings. The maximum atomic E-state index is 13.0. The second-order valence-corrected chi connectivity index (χ2v) is 5.99. The van der Waals surface area contributed by atoms with E-state index in [1.54, 1.807) is 12.1 Å². The molecule has 1 aliphatic heterocycles. The largest absolute Gasteiger partial charge is 0.388 e. The first-order valence-corrected chi connectivity index (χ1v) is 8.06. The van der Waals surface area contributed by atoms with Crippen LogP contribution in [0.5, 0.6) is 0 Å². The zero-order valence-electron chi connectivity index (χ0n) is 14.3. The van der Waals surface area contributed by atoms with E-state index in [0.717, 1.165) is 18.1 Å². The van der Waals surface area contributed by atoms with Crippen molar-refractivity contribution in [3.63, 3.8) is 0 Å². The molecular formula is C17H27FIN3O2. The molecule has 0 atom stereocenters. The third-order valence-electron chi connectivity index (χ3n) is 3.98. The number of aliphatic imine (C=N–C) groups is 1. The minimum Gasteiger partial charge on any atom is -0.388 e. The molecule has 24 heavy (non-hydrogen) atoms.